The van der Waals surface area contributed by atoms with E-state index in [-0.39, 0.29) is 11.2 Å². The van der Waals surface area contributed by atoms with Crippen molar-refractivity contribution >= 4 is 27.2 Å². The average Bonchev–Trinajstić information content (AvgIpc) is 2.64. The van der Waals surface area contributed by atoms with Crippen molar-refractivity contribution in [2.24, 2.45) is 0 Å². The molecule has 9 nitrogen and oxygen atoms in total. The predicted octanol–water partition coefficient (Wildman–Crippen LogP) is -1.29. The summed E-state index contributed by atoms with van der Waals surface area (Å²) in [5.74, 6) is 0. The first kappa shape index (κ1) is 22.1. The first-order valence-electron chi connectivity index (χ1n) is 7.36. The van der Waals surface area contributed by atoms with E-state index in [0.717, 1.165) is 10.8 Å². The minimum atomic E-state index is -4.09. The number of aldehydes is 1. The van der Waals surface area contributed by atoms with Crippen molar-refractivity contribution in [2.45, 2.75) is 29.3 Å². The molecule has 0 heterocycles. The van der Waals surface area contributed by atoms with Crippen molar-refractivity contribution in [1.82, 2.24) is 0 Å². The largest absolute Gasteiger partial charge is 0.394 e. The van der Waals surface area contributed by atoms with Gasteiger partial charge in [0.15, 0.2) is 6.29 Å². The quantitative estimate of drug-likeness (QED) is 0.260. The molecule has 0 radical (unpaired) electrons. The highest BCUT2D eigenvalue weighted by Crippen LogP contribution is 2.18. The van der Waals surface area contributed by atoms with E-state index >= 15 is 0 Å². The van der Waals surface area contributed by atoms with Crippen molar-refractivity contribution in [3.05, 3.63) is 42.5 Å². The van der Waals surface area contributed by atoms with Gasteiger partial charge in [-0.2, -0.15) is 8.42 Å². The number of aliphatic hydroxyl groups excluding tert-OH is 5. The molecule has 0 fully saturated rings. The van der Waals surface area contributed by atoms with Crippen LogP contribution in [0.2, 0.25) is 0 Å². The summed E-state index contributed by atoms with van der Waals surface area (Å²) in [6, 6.07) is 11.9. The number of carbonyl (C=O) groups is 1. The van der Waals surface area contributed by atoms with Gasteiger partial charge in [-0.05, 0) is 22.9 Å². The lowest BCUT2D eigenvalue weighted by molar-refractivity contribution is -0.136. The van der Waals surface area contributed by atoms with Gasteiger partial charge in [-0.15, -0.1) is 0 Å². The van der Waals surface area contributed by atoms with Gasteiger partial charge in [-0.1, -0.05) is 30.3 Å². The third kappa shape index (κ3) is 6.11. The molecular weight excluding hydrogens is 368 g/mol. The fourth-order valence-corrected chi connectivity index (χ4v) is 2.46. The van der Waals surface area contributed by atoms with Gasteiger partial charge < -0.3 is 30.3 Å². The molecule has 2 aromatic carbocycles. The Labute approximate surface area is 149 Å². The maximum Gasteiger partial charge on any atom is 0.294 e. The number of rotatable bonds is 6. The summed E-state index contributed by atoms with van der Waals surface area (Å²) in [6.07, 6.45) is -6.84. The molecule has 2 aromatic rings. The molecule has 0 aliphatic carbocycles. The van der Waals surface area contributed by atoms with Crippen LogP contribution >= 0.6 is 0 Å². The first-order valence-corrected chi connectivity index (χ1v) is 8.80. The monoisotopic (exact) mass is 388 g/mol. The molecule has 0 amide bonds. The van der Waals surface area contributed by atoms with E-state index in [1.807, 2.05) is 18.2 Å². The van der Waals surface area contributed by atoms with Crippen LogP contribution in [0.1, 0.15) is 0 Å². The SMILES string of the molecule is O=CC(O)C(O)C(O)C(O)CO.O=S(=O)(O)c1ccc2ccccc2c1. The summed E-state index contributed by atoms with van der Waals surface area (Å²) in [5.41, 5.74) is 0. The maximum absolute atomic E-state index is 10.8. The second kappa shape index (κ2) is 9.69. The fraction of sp³-hybridized carbons (Fsp3) is 0.312. The molecular formula is C16H20O9S. The second-order valence-electron chi connectivity index (χ2n) is 5.34. The Morgan fingerprint density at radius 3 is 2.00 bits per heavy atom. The van der Waals surface area contributed by atoms with Crippen LogP contribution in [0.4, 0.5) is 0 Å². The Morgan fingerprint density at radius 2 is 1.50 bits per heavy atom. The van der Waals surface area contributed by atoms with Gasteiger partial charge in [-0.3, -0.25) is 4.55 Å². The molecule has 4 unspecified atom stereocenters. The Morgan fingerprint density at radius 1 is 0.923 bits per heavy atom. The normalized spacial score (nSPS) is 16.1. The summed E-state index contributed by atoms with van der Waals surface area (Å²) >= 11 is 0. The third-order valence-corrected chi connectivity index (χ3v) is 4.29. The summed E-state index contributed by atoms with van der Waals surface area (Å²) in [7, 11) is -4.09. The van der Waals surface area contributed by atoms with Crippen LogP contribution in [0.25, 0.3) is 10.8 Å². The fourth-order valence-electron chi connectivity index (χ4n) is 1.95. The predicted molar refractivity (Wildman–Crippen MR) is 90.9 cm³/mol. The van der Waals surface area contributed by atoms with Gasteiger partial charge in [-0.25, -0.2) is 0 Å². The first-order chi connectivity index (χ1) is 12.1. The zero-order valence-corrected chi connectivity index (χ0v) is 14.3. The molecule has 4 atom stereocenters. The summed E-state index contributed by atoms with van der Waals surface area (Å²) in [5, 5.41) is 45.3. The number of aliphatic hydroxyl groups is 5. The molecule has 0 aliphatic heterocycles. The van der Waals surface area contributed by atoms with Crippen molar-refractivity contribution in [1.29, 1.82) is 0 Å². The molecule has 144 valence electrons. The van der Waals surface area contributed by atoms with E-state index in [1.165, 1.54) is 12.1 Å². The minimum Gasteiger partial charge on any atom is -0.394 e. The van der Waals surface area contributed by atoms with Gasteiger partial charge in [0.1, 0.15) is 24.4 Å². The molecule has 0 saturated carbocycles. The van der Waals surface area contributed by atoms with Gasteiger partial charge >= 0.3 is 0 Å². The number of fused-ring (bicyclic) bond motifs is 1. The molecule has 0 saturated heterocycles. The van der Waals surface area contributed by atoms with E-state index in [1.54, 1.807) is 12.1 Å². The van der Waals surface area contributed by atoms with Crippen LogP contribution in [0.15, 0.2) is 47.4 Å². The highest BCUT2D eigenvalue weighted by atomic mass is 32.2. The Kier molecular flexibility index (Phi) is 8.24. The summed E-state index contributed by atoms with van der Waals surface area (Å²) in [6.45, 7) is -0.760. The number of hydrogen-bond donors (Lipinski definition) is 6. The number of hydrogen-bond acceptors (Lipinski definition) is 8. The van der Waals surface area contributed by atoms with E-state index in [2.05, 4.69) is 0 Å². The molecule has 26 heavy (non-hydrogen) atoms. The van der Waals surface area contributed by atoms with Gasteiger partial charge in [0, 0.05) is 0 Å². The average molecular weight is 388 g/mol. The third-order valence-electron chi connectivity index (χ3n) is 3.44. The molecule has 10 heteroatoms. The van der Waals surface area contributed by atoms with E-state index in [9.17, 15) is 13.2 Å². The van der Waals surface area contributed by atoms with E-state index < -0.39 is 41.1 Å². The minimum absolute atomic E-state index is 0.0258. The zero-order chi connectivity index (χ0) is 19.9. The van der Waals surface area contributed by atoms with Crippen LogP contribution in [0, 0.1) is 0 Å². The molecule has 0 bridgehead atoms. The van der Waals surface area contributed by atoms with Crippen molar-refractivity contribution in [3.63, 3.8) is 0 Å². The Bertz CT molecular complexity index is 821. The lowest BCUT2D eigenvalue weighted by Crippen LogP contribution is -2.46. The molecule has 0 aromatic heterocycles. The summed E-state index contributed by atoms with van der Waals surface area (Å²) in [4.78, 5) is 9.82. The Hall–Kier alpha value is -1.92. The molecule has 0 aliphatic rings. The lowest BCUT2D eigenvalue weighted by atomic mass is 10.0. The number of carbonyl (C=O) groups excluding carboxylic acids is 1. The van der Waals surface area contributed by atoms with Crippen LogP contribution in [0.5, 0.6) is 0 Å². The van der Waals surface area contributed by atoms with Gasteiger partial charge in [0.2, 0.25) is 0 Å². The van der Waals surface area contributed by atoms with Crippen molar-refractivity contribution in [3.8, 4) is 0 Å². The van der Waals surface area contributed by atoms with E-state index in [0.29, 0.717) is 0 Å². The maximum atomic E-state index is 10.8. The Balaban J connectivity index is 0.000000265. The highest BCUT2D eigenvalue weighted by Gasteiger charge is 2.29. The van der Waals surface area contributed by atoms with E-state index in [4.69, 9.17) is 30.1 Å². The second-order valence-corrected chi connectivity index (χ2v) is 6.76. The molecule has 6 N–H and O–H groups in total. The lowest BCUT2D eigenvalue weighted by Gasteiger charge is -2.22. The van der Waals surface area contributed by atoms with Gasteiger partial charge in [0.05, 0.1) is 11.5 Å². The van der Waals surface area contributed by atoms with Crippen LogP contribution in [0.3, 0.4) is 0 Å². The van der Waals surface area contributed by atoms with Crippen LogP contribution < -0.4 is 0 Å². The standard InChI is InChI=1S/C10H8O3S.C6H12O6/c11-14(12,13)10-6-5-8-3-1-2-4-9(8)7-10;7-1-3(9)5(11)6(12)4(10)2-8/h1-7H,(H,11,12,13);1,3-6,8-12H,2H2. The zero-order valence-electron chi connectivity index (χ0n) is 13.5. The number of benzene rings is 2. The molecule has 0 spiro atoms. The van der Waals surface area contributed by atoms with Gasteiger partial charge in [0.25, 0.3) is 10.1 Å². The molecule has 2 rings (SSSR count). The van der Waals surface area contributed by atoms with Crippen LogP contribution in [-0.4, -0.2) is 75.8 Å². The van der Waals surface area contributed by atoms with Crippen LogP contribution in [-0.2, 0) is 14.9 Å². The summed E-state index contributed by atoms with van der Waals surface area (Å²) < 4.78 is 30.5. The van der Waals surface area contributed by atoms with Crippen molar-refractivity contribution < 1.29 is 43.3 Å². The smallest absolute Gasteiger partial charge is 0.294 e. The highest BCUT2D eigenvalue weighted by molar-refractivity contribution is 7.85. The topological polar surface area (TPSA) is 173 Å². The van der Waals surface area contributed by atoms with Crippen molar-refractivity contribution in [2.75, 3.05) is 6.61 Å².